The molecule has 0 aliphatic heterocycles. The number of hydrogen-bond acceptors (Lipinski definition) is 3. The molecule has 25 heavy (non-hydrogen) atoms. The van der Waals surface area contributed by atoms with Crippen LogP contribution in [0.25, 0.3) is 0 Å². The lowest BCUT2D eigenvalue weighted by atomic mass is 9.95. The van der Waals surface area contributed by atoms with Crippen LogP contribution in [0.5, 0.6) is 0 Å². The van der Waals surface area contributed by atoms with Gasteiger partial charge in [-0.3, -0.25) is 0 Å². The highest BCUT2D eigenvalue weighted by molar-refractivity contribution is 4.72. The van der Waals surface area contributed by atoms with Crippen LogP contribution >= 0.6 is 0 Å². The van der Waals surface area contributed by atoms with Gasteiger partial charge in [0, 0.05) is 12.6 Å². The number of nitrogens with one attached hydrogen (secondary N) is 1. The normalized spacial score (nSPS) is 13.9. The summed E-state index contributed by atoms with van der Waals surface area (Å²) in [4.78, 5) is 0. The molecule has 0 aromatic carbocycles. The molecular formula is C22H47NO2. The lowest BCUT2D eigenvalue weighted by Crippen LogP contribution is -2.39. The fourth-order valence-corrected chi connectivity index (χ4v) is 3.56. The largest absolute Gasteiger partial charge is 0.395 e. The van der Waals surface area contributed by atoms with E-state index in [1.807, 2.05) is 0 Å². The van der Waals surface area contributed by atoms with Crippen molar-refractivity contribution in [3.05, 3.63) is 0 Å². The third kappa shape index (κ3) is 17.1. The van der Waals surface area contributed by atoms with Crippen molar-refractivity contribution in [3.8, 4) is 0 Å². The molecule has 0 saturated heterocycles. The molecule has 0 amide bonds. The van der Waals surface area contributed by atoms with Crippen LogP contribution < -0.4 is 5.32 Å². The van der Waals surface area contributed by atoms with Gasteiger partial charge in [-0.15, -0.1) is 0 Å². The van der Waals surface area contributed by atoms with Crippen LogP contribution in [0.2, 0.25) is 0 Å². The highest BCUT2D eigenvalue weighted by Crippen LogP contribution is 2.16. The molecule has 0 bridgehead atoms. The zero-order chi connectivity index (χ0) is 18.6. The van der Waals surface area contributed by atoms with Crippen LogP contribution in [0.3, 0.4) is 0 Å². The van der Waals surface area contributed by atoms with E-state index >= 15 is 0 Å². The monoisotopic (exact) mass is 357 g/mol. The Morgan fingerprint density at radius 1 is 0.680 bits per heavy atom. The second-order valence-electron chi connectivity index (χ2n) is 7.83. The number of hydrogen-bond donors (Lipinski definition) is 3. The van der Waals surface area contributed by atoms with Crippen molar-refractivity contribution in [1.29, 1.82) is 0 Å². The molecule has 3 N–H and O–H groups in total. The SMILES string of the molecule is CCCCCCCCCCCCCCCCC(C)C(CO)NCCO. The molecule has 0 aliphatic carbocycles. The molecule has 0 spiro atoms. The zero-order valence-corrected chi connectivity index (χ0v) is 17.3. The van der Waals surface area contributed by atoms with E-state index in [0.717, 1.165) is 0 Å². The standard InChI is InChI=1S/C22H47NO2/c1-3-4-5-6-7-8-9-10-11-12-13-14-15-16-17-21(2)22(20-25)23-18-19-24/h21-25H,3-20H2,1-2H3. The molecule has 2 unspecified atom stereocenters. The van der Waals surface area contributed by atoms with Gasteiger partial charge in [0.1, 0.15) is 0 Å². The molecule has 0 fully saturated rings. The van der Waals surface area contributed by atoms with Crippen LogP contribution in [0.4, 0.5) is 0 Å². The van der Waals surface area contributed by atoms with Crippen molar-refractivity contribution in [2.45, 2.75) is 116 Å². The molecule has 3 nitrogen and oxygen atoms in total. The summed E-state index contributed by atoms with van der Waals surface area (Å²) in [7, 11) is 0. The van der Waals surface area contributed by atoms with E-state index in [2.05, 4.69) is 19.2 Å². The Morgan fingerprint density at radius 2 is 1.12 bits per heavy atom. The molecule has 3 heteroatoms. The summed E-state index contributed by atoms with van der Waals surface area (Å²) in [6, 6.07) is 0.133. The second kappa shape index (κ2) is 20.2. The first kappa shape index (κ1) is 24.9. The minimum atomic E-state index is 0.133. The Morgan fingerprint density at radius 3 is 1.52 bits per heavy atom. The van der Waals surface area contributed by atoms with Crippen molar-refractivity contribution in [3.63, 3.8) is 0 Å². The summed E-state index contributed by atoms with van der Waals surface area (Å²) in [5.41, 5.74) is 0. The maximum atomic E-state index is 9.39. The Bertz CT molecular complexity index is 248. The average Bonchev–Trinajstić information content (AvgIpc) is 2.62. The molecular weight excluding hydrogens is 310 g/mol. The molecule has 0 saturated carbocycles. The maximum absolute atomic E-state index is 9.39. The Balaban J connectivity index is 3.27. The molecule has 152 valence electrons. The van der Waals surface area contributed by atoms with Crippen LogP contribution in [0, 0.1) is 5.92 Å². The number of unbranched alkanes of at least 4 members (excludes halogenated alkanes) is 13. The predicted octanol–water partition coefficient (Wildman–Crippen LogP) is 5.44. The Labute approximate surface area is 158 Å². The van der Waals surface area contributed by atoms with Crippen LogP contribution in [0.1, 0.15) is 110 Å². The van der Waals surface area contributed by atoms with Gasteiger partial charge in [-0.1, -0.05) is 104 Å². The van der Waals surface area contributed by atoms with E-state index in [1.165, 1.54) is 96.3 Å². The molecule has 0 radical (unpaired) electrons. The van der Waals surface area contributed by atoms with Gasteiger partial charge in [-0.05, 0) is 12.3 Å². The Kier molecular flexibility index (Phi) is 20.1. The predicted molar refractivity (Wildman–Crippen MR) is 110 cm³/mol. The fraction of sp³-hybridized carbons (Fsp3) is 1.00. The van der Waals surface area contributed by atoms with Crippen molar-refractivity contribution >= 4 is 0 Å². The number of aliphatic hydroxyl groups is 2. The number of aliphatic hydroxyl groups excluding tert-OH is 2. The summed E-state index contributed by atoms with van der Waals surface area (Å²) in [5, 5.41) is 21.5. The Hall–Kier alpha value is -0.120. The third-order valence-electron chi connectivity index (χ3n) is 5.41. The van der Waals surface area contributed by atoms with Gasteiger partial charge in [0.25, 0.3) is 0 Å². The van der Waals surface area contributed by atoms with Gasteiger partial charge < -0.3 is 15.5 Å². The van der Waals surface area contributed by atoms with E-state index in [1.54, 1.807) is 0 Å². The fourth-order valence-electron chi connectivity index (χ4n) is 3.56. The third-order valence-corrected chi connectivity index (χ3v) is 5.41. The first-order valence-electron chi connectivity index (χ1n) is 11.2. The maximum Gasteiger partial charge on any atom is 0.0587 e. The summed E-state index contributed by atoms with van der Waals surface area (Å²) in [6.45, 7) is 5.37. The smallest absolute Gasteiger partial charge is 0.0587 e. The molecule has 0 aromatic heterocycles. The molecule has 0 heterocycles. The molecule has 2 atom stereocenters. The van der Waals surface area contributed by atoms with Crippen LogP contribution in [-0.4, -0.2) is 36.0 Å². The zero-order valence-electron chi connectivity index (χ0n) is 17.3. The lowest BCUT2D eigenvalue weighted by molar-refractivity contribution is 0.187. The topological polar surface area (TPSA) is 52.5 Å². The summed E-state index contributed by atoms with van der Waals surface area (Å²) >= 11 is 0. The number of rotatable bonds is 20. The first-order valence-corrected chi connectivity index (χ1v) is 11.2. The quantitative estimate of drug-likeness (QED) is 0.254. The van der Waals surface area contributed by atoms with E-state index in [-0.39, 0.29) is 19.3 Å². The van der Waals surface area contributed by atoms with E-state index < -0.39 is 0 Å². The van der Waals surface area contributed by atoms with E-state index in [4.69, 9.17) is 5.11 Å². The van der Waals surface area contributed by atoms with E-state index in [9.17, 15) is 5.11 Å². The van der Waals surface area contributed by atoms with Crippen molar-refractivity contribution in [1.82, 2.24) is 5.32 Å². The van der Waals surface area contributed by atoms with Crippen LogP contribution in [-0.2, 0) is 0 Å². The molecule has 0 aromatic rings. The molecule has 0 rings (SSSR count). The van der Waals surface area contributed by atoms with Crippen molar-refractivity contribution in [2.24, 2.45) is 5.92 Å². The van der Waals surface area contributed by atoms with Gasteiger partial charge in [-0.2, -0.15) is 0 Å². The second-order valence-corrected chi connectivity index (χ2v) is 7.83. The van der Waals surface area contributed by atoms with Gasteiger partial charge in [0.05, 0.1) is 13.2 Å². The minimum absolute atomic E-state index is 0.133. The van der Waals surface area contributed by atoms with Crippen molar-refractivity contribution < 1.29 is 10.2 Å². The summed E-state index contributed by atoms with van der Waals surface area (Å²) in [6.07, 6.45) is 20.7. The molecule has 0 aliphatic rings. The van der Waals surface area contributed by atoms with Crippen molar-refractivity contribution in [2.75, 3.05) is 19.8 Å². The highest BCUT2D eigenvalue weighted by atomic mass is 16.3. The first-order chi connectivity index (χ1) is 12.3. The van der Waals surface area contributed by atoms with Gasteiger partial charge in [0.15, 0.2) is 0 Å². The average molecular weight is 358 g/mol. The highest BCUT2D eigenvalue weighted by Gasteiger charge is 2.14. The van der Waals surface area contributed by atoms with Gasteiger partial charge >= 0.3 is 0 Å². The minimum Gasteiger partial charge on any atom is -0.395 e. The summed E-state index contributed by atoms with van der Waals surface area (Å²) < 4.78 is 0. The van der Waals surface area contributed by atoms with Gasteiger partial charge in [-0.25, -0.2) is 0 Å². The summed E-state index contributed by atoms with van der Waals surface area (Å²) in [5.74, 6) is 0.480. The lowest BCUT2D eigenvalue weighted by Gasteiger charge is -2.23. The van der Waals surface area contributed by atoms with Gasteiger partial charge in [0.2, 0.25) is 0 Å². The van der Waals surface area contributed by atoms with Crippen LogP contribution in [0.15, 0.2) is 0 Å². The van der Waals surface area contributed by atoms with E-state index in [0.29, 0.717) is 12.5 Å².